The molecule has 0 aliphatic heterocycles. The first-order valence-corrected chi connectivity index (χ1v) is 4.68. The van der Waals surface area contributed by atoms with E-state index in [1.165, 1.54) is 0 Å². The van der Waals surface area contributed by atoms with Crippen molar-refractivity contribution in [3.63, 3.8) is 0 Å². The summed E-state index contributed by atoms with van der Waals surface area (Å²) >= 11 is 11.6. The number of hydrogen-bond acceptors (Lipinski definition) is 2. The lowest BCUT2D eigenvalue weighted by molar-refractivity contribution is 1.29. The molecule has 2 aromatic heterocycles. The Morgan fingerprint density at radius 1 is 1.14 bits per heavy atom. The molecule has 0 spiro atoms. The summed E-state index contributed by atoms with van der Waals surface area (Å²) in [5.41, 5.74) is 1.59. The Bertz CT molecular complexity index is 440. The second-order valence-corrected chi connectivity index (χ2v) is 3.38. The third-order valence-corrected chi connectivity index (χ3v) is 2.23. The number of nitrogens with zero attached hydrogens (tertiary/aromatic N) is 2. The SMILES string of the molecule is Clc1ccc(-c2cccnc2Cl)[c]n1. The van der Waals surface area contributed by atoms with E-state index in [0.29, 0.717) is 10.3 Å². The molecular formula is C10H5Cl2N2. The topological polar surface area (TPSA) is 25.8 Å². The molecule has 0 unspecified atom stereocenters. The molecular weight excluding hydrogens is 219 g/mol. The predicted molar refractivity (Wildman–Crippen MR) is 56.3 cm³/mol. The third-order valence-electron chi connectivity index (χ3n) is 1.72. The molecule has 2 aromatic rings. The van der Waals surface area contributed by atoms with Crippen LogP contribution in [0.3, 0.4) is 0 Å². The van der Waals surface area contributed by atoms with Crippen LogP contribution in [-0.2, 0) is 0 Å². The van der Waals surface area contributed by atoms with Gasteiger partial charge in [0, 0.05) is 17.3 Å². The molecule has 14 heavy (non-hydrogen) atoms. The number of hydrogen-bond donors (Lipinski definition) is 0. The van der Waals surface area contributed by atoms with E-state index >= 15 is 0 Å². The van der Waals surface area contributed by atoms with Crippen LogP contribution in [0.15, 0.2) is 30.5 Å². The molecule has 0 fully saturated rings. The van der Waals surface area contributed by atoms with Crippen molar-refractivity contribution in [3.8, 4) is 11.1 Å². The molecule has 2 rings (SSSR count). The van der Waals surface area contributed by atoms with Crippen molar-refractivity contribution in [2.45, 2.75) is 0 Å². The van der Waals surface area contributed by atoms with E-state index in [2.05, 4.69) is 16.2 Å². The van der Waals surface area contributed by atoms with Crippen LogP contribution in [0.1, 0.15) is 0 Å². The van der Waals surface area contributed by atoms with Crippen LogP contribution < -0.4 is 0 Å². The van der Waals surface area contributed by atoms with E-state index < -0.39 is 0 Å². The molecule has 0 N–H and O–H groups in total. The Morgan fingerprint density at radius 3 is 2.64 bits per heavy atom. The van der Waals surface area contributed by atoms with E-state index in [4.69, 9.17) is 23.2 Å². The molecule has 0 saturated heterocycles. The first-order chi connectivity index (χ1) is 6.77. The van der Waals surface area contributed by atoms with Gasteiger partial charge in [-0.1, -0.05) is 23.2 Å². The van der Waals surface area contributed by atoms with Crippen molar-refractivity contribution in [1.82, 2.24) is 9.97 Å². The summed E-state index contributed by atoms with van der Waals surface area (Å²) in [6.07, 6.45) is 4.42. The Balaban J connectivity index is 2.50. The molecule has 69 valence electrons. The van der Waals surface area contributed by atoms with Gasteiger partial charge in [-0.3, -0.25) is 0 Å². The van der Waals surface area contributed by atoms with Crippen molar-refractivity contribution in [2.75, 3.05) is 0 Å². The third kappa shape index (κ3) is 1.86. The Labute approximate surface area is 91.5 Å². The summed E-state index contributed by atoms with van der Waals surface area (Å²) in [4.78, 5) is 7.81. The molecule has 1 radical (unpaired) electrons. The molecule has 4 heteroatoms. The maximum absolute atomic E-state index is 5.91. The Hall–Kier alpha value is -1.12. The summed E-state index contributed by atoms with van der Waals surface area (Å²) < 4.78 is 0. The molecule has 0 aliphatic carbocycles. The van der Waals surface area contributed by atoms with Crippen LogP contribution in [-0.4, -0.2) is 9.97 Å². The van der Waals surface area contributed by atoms with Gasteiger partial charge in [-0.05, 0) is 24.3 Å². The molecule has 0 aliphatic rings. The zero-order chi connectivity index (χ0) is 9.97. The normalized spacial score (nSPS) is 10.1. The first kappa shape index (κ1) is 9.44. The molecule has 0 saturated carbocycles. The Kier molecular flexibility index (Phi) is 2.66. The number of rotatable bonds is 1. The predicted octanol–water partition coefficient (Wildman–Crippen LogP) is 3.25. The fourth-order valence-corrected chi connectivity index (χ4v) is 1.40. The number of halogens is 2. The molecule has 0 atom stereocenters. The van der Waals surface area contributed by atoms with Gasteiger partial charge in [0.25, 0.3) is 0 Å². The minimum absolute atomic E-state index is 0.411. The van der Waals surface area contributed by atoms with Crippen molar-refractivity contribution in [1.29, 1.82) is 0 Å². The van der Waals surface area contributed by atoms with Crippen LogP contribution >= 0.6 is 23.2 Å². The highest BCUT2D eigenvalue weighted by Gasteiger charge is 2.03. The van der Waals surface area contributed by atoms with Crippen molar-refractivity contribution in [2.24, 2.45) is 0 Å². The fraction of sp³-hybridized carbons (Fsp3) is 0. The van der Waals surface area contributed by atoms with Crippen molar-refractivity contribution in [3.05, 3.63) is 47.0 Å². The maximum Gasteiger partial charge on any atom is 0.136 e. The lowest BCUT2D eigenvalue weighted by Gasteiger charge is -2.01. The average Bonchev–Trinajstić information content (AvgIpc) is 2.20. The van der Waals surface area contributed by atoms with Crippen LogP contribution in [0.25, 0.3) is 11.1 Å². The zero-order valence-corrected chi connectivity index (χ0v) is 8.55. The highest BCUT2D eigenvalue weighted by atomic mass is 35.5. The monoisotopic (exact) mass is 223 g/mol. The van der Waals surface area contributed by atoms with Crippen LogP contribution in [0.2, 0.25) is 10.3 Å². The quantitative estimate of drug-likeness (QED) is 0.694. The lowest BCUT2D eigenvalue weighted by Crippen LogP contribution is -1.84. The minimum Gasteiger partial charge on any atom is -0.244 e. The van der Waals surface area contributed by atoms with Gasteiger partial charge >= 0.3 is 0 Å². The summed E-state index contributed by atoms with van der Waals surface area (Å²) in [5, 5.41) is 0.849. The van der Waals surface area contributed by atoms with Crippen LogP contribution in [0, 0.1) is 6.20 Å². The van der Waals surface area contributed by atoms with Crippen molar-refractivity contribution >= 4 is 23.2 Å². The lowest BCUT2D eigenvalue weighted by atomic mass is 10.1. The van der Waals surface area contributed by atoms with Gasteiger partial charge in [-0.2, -0.15) is 0 Å². The van der Waals surface area contributed by atoms with Gasteiger partial charge in [-0.25, -0.2) is 9.97 Å². The smallest absolute Gasteiger partial charge is 0.136 e. The molecule has 2 heterocycles. The van der Waals surface area contributed by atoms with Gasteiger partial charge < -0.3 is 0 Å². The van der Waals surface area contributed by atoms with Gasteiger partial charge in [0.15, 0.2) is 0 Å². The molecule has 2 nitrogen and oxygen atoms in total. The summed E-state index contributed by atoms with van der Waals surface area (Å²) in [5.74, 6) is 0. The van der Waals surface area contributed by atoms with Gasteiger partial charge in [0.2, 0.25) is 0 Å². The number of aromatic nitrogens is 2. The van der Waals surface area contributed by atoms with Gasteiger partial charge in [0.1, 0.15) is 10.3 Å². The zero-order valence-electron chi connectivity index (χ0n) is 7.04. The average molecular weight is 224 g/mol. The van der Waals surface area contributed by atoms with E-state index in [9.17, 15) is 0 Å². The summed E-state index contributed by atoms with van der Waals surface area (Å²) in [6.45, 7) is 0. The minimum atomic E-state index is 0.411. The fourth-order valence-electron chi connectivity index (χ4n) is 1.08. The van der Waals surface area contributed by atoms with E-state index in [-0.39, 0.29) is 0 Å². The largest absolute Gasteiger partial charge is 0.244 e. The van der Waals surface area contributed by atoms with Crippen molar-refractivity contribution < 1.29 is 0 Å². The van der Waals surface area contributed by atoms with E-state index in [1.807, 2.05) is 12.1 Å². The molecule has 0 aromatic carbocycles. The van der Waals surface area contributed by atoms with Crippen LogP contribution in [0.4, 0.5) is 0 Å². The number of pyridine rings is 2. The highest BCUT2D eigenvalue weighted by molar-refractivity contribution is 6.32. The Morgan fingerprint density at radius 2 is 2.00 bits per heavy atom. The summed E-state index contributed by atoms with van der Waals surface area (Å²) in [7, 11) is 0. The maximum atomic E-state index is 5.91. The molecule has 0 bridgehead atoms. The van der Waals surface area contributed by atoms with E-state index in [1.54, 1.807) is 18.3 Å². The molecule has 0 amide bonds. The highest BCUT2D eigenvalue weighted by Crippen LogP contribution is 2.24. The van der Waals surface area contributed by atoms with Crippen LogP contribution in [0.5, 0.6) is 0 Å². The first-order valence-electron chi connectivity index (χ1n) is 3.92. The second kappa shape index (κ2) is 3.95. The van der Waals surface area contributed by atoms with E-state index in [0.717, 1.165) is 11.1 Å². The van der Waals surface area contributed by atoms with Gasteiger partial charge in [0.05, 0.1) is 6.20 Å². The second-order valence-electron chi connectivity index (χ2n) is 2.64. The van der Waals surface area contributed by atoms with Gasteiger partial charge in [-0.15, -0.1) is 0 Å². The standard InChI is InChI=1S/C10H5Cl2N2/c11-9-4-3-7(6-14-9)8-2-1-5-13-10(8)12/h1-5H. The summed E-state index contributed by atoms with van der Waals surface area (Å²) in [6, 6.07) is 7.16.